The van der Waals surface area contributed by atoms with Crippen LogP contribution in [0.1, 0.15) is 44.9 Å². The van der Waals surface area contributed by atoms with E-state index in [-0.39, 0.29) is 11.9 Å². The number of hydrogen-bond donors (Lipinski definition) is 0. The van der Waals surface area contributed by atoms with E-state index in [9.17, 15) is 4.79 Å². The number of amides is 1. The van der Waals surface area contributed by atoms with Gasteiger partial charge in [-0.3, -0.25) is 4.79 Å². The minimum Gasteiger partial charge on any atom is -0.339 e. The number of benzene rings is 1. The second-order valence-electron chi connectivity index (χ2n) is 6.02. The molecule has 25 heavy (non-hydrogen) atoms. The predicted octanol–water partition coefficient (Wildman–Crippen LogP) is 2.98. The Kier molecular flexibility index (Phi) is 5.11. The minimum absolute atomic E-state index is 0.00694. The Hall–Kier alpha value is -2.70. The maximum absolute atomic E-state index is 12.9. The Morgan fingerprint density at radius 1 is 1.32 bits per heavy atom. The van der Waals surface area contributed by atoms with Crippen molar-refractivity contribution in [1.29, 1.82) is 0 Å². The molecule has 0 unspecified atom stereocenters. The minimum atomic E-state index is -0.352. The second-order valence-corrected chi connectivity index (χ2v) is 6.02. The van der Waals surface area contributed by atoms with Crippen molar-refractivity contribution >= 4 is 16.9 Å². The van der Waals surface area contributed by atoms with Crippen LogP contribution in [0.25, 0.3) is 11.0 Å². The largest absolute Gasteiger partial charge is 0.339 e. The van der Waals surface area contributed by atoms with E-state index >= 15 is 0 Å². The normalized spacial score (nSPS) is 12.4. The fraction of sp³-hybridized carbons (Fsp3) is 0.444. The van der Waals surface area contributed by atoms with Gasteiger partial charge in [0.15, 0.2) is 5.82 Å². The lowest BCUT2D eigenvalue weighted by atomic mass is 10.2. The first-order valence-corrected chi connectivity index (χ1v) is 8.65. The third-order valence-corrected chi connectivity index (χ3v) is 4.26. The molecule has 0 aliphatic carbocycles. The zero-order valence-corrected chi connectivity index (χ0v) is 14.8. The summed E-state index contributed by atoms with van der Waals surface area (Å²) >= 11 is 0. The Bertz CT molecular complexity index is 854. The Balaban J connectivity index is 1.76. The molecule has 0 bridgehead atoms. The standard InChI is InChI=1S/C18H23N5O2/c1-4-8-17-20-16(21-25-17)11-22(5-2)18(24)13(3)23-12-19-14-9-6-7-10-15(14)23/h6-7,9-10,12-13H,4-5,8,11H2,1-3H3/t13-/m0/s1. The molecule has 1 amide bonds. The SMILES string of the molecule is CCCc1nc(CN(CC)C(=O)[C@H](C)n2cnc3ccccc32)no1. The van der Waals surface area contributed by atoms with Crippen molar-refractivity contribution in [3.05, 3.63) is 42.3 Å². The molecule has 0 saturated heterocycles. The van der Waals surface area contributed by atoms with Crippen LogP contribution in [0.4, 0.5) is 0 Å². The fourth-order valence-corrected chi connectivity index (χ4v) is 2.86. The summed E-state index contributed by atoms with van der Waals surface area (Å²) in [5.41, 5.74) is 1.83. The van der Waals surface area contributed by atoms with Crippen LogP contribution in [0.15, 0.2) is 35.1 Å². The van der Waals surface area contributed by atoms with Crippen LogP contribution < -0.4 is 0 Å². The maximum Gasteiger partial charge on any atom is 0.245 e. The zero-order valence-electron chi connectivity index (χ0n) is 14.8. The third-order valence-electron chi connectivity index (χ3n) is 4.26. The topological polar surface area (TPSA) is 77.1 Å². The molecule has 1 atom stereocenters. The van der Waals surface area contributed by atoms with Gasteiger partial charge in [-0.15, -0.1) is 0 Å². The molecule has 3 rings (SSSR count). The Morgan fingerprint density at radius 2 is 2.12 bits per heavy atom. The molecule has 0 fully saturated rings. The van der Waals surface area contributed by atoms with Gasteiger partial charge in [-0.2, -0.15) is 4.98 Å². The van der Waals surface area contributed by atoms with Gasteiger partial charge in [-0.1, -0.05) is 24.2 Å². The van der Waals surface area contributed by atoms with Gasteiger partial charge in [-0.25, -0.2) is 4.98 Å². The van der Waals surface area contributed by atoms with Crippen LogP contribution >= 0.6 is 0 Å². The lowest BCUT2D eigenvalue weighted by molar-refractivity contribution is -0.134. The first-order valence-electron chi connectivity index (χ1n) is 8.65. The number of para-hydroxylation sites is 2. The molecule has 0 spiro atoms. The number of carbonyl (C=O) groups is 1. The van der Waals surface area contributed by atoms with E-state index in [0.29, 0.717) is 24.8 Å². The monoisotopic (exact) mass is 341 g/mol. The third kappa shape index (κ3) is 3.55. The van der Waals surface area contributed by atoms with Gasteiger partial charge in [-0.05, 0) is 32.4 Å². The summed E-state index contributed by atoms with van der Waals surface area (Å²) in [6.45, 7) is 6.82. The first-order chi connectivity index (χ1) is 12.1. The van der Waals surface area contributed by atoms with Crippen molar-refractivity contribution in [2.24, 2.45) is 0 Å². The number of hydrogen-bond acceptors (Lipinski definition) is 5. The molecule has 2 heterocycles. The summed E-state index contributed by atoms with van der Waals surface area (Å²) in [7, 11) is 0. The highest BCUT2D eigenvalue weighted by molar-refractivity contribution is 5.83. The molecule has 132 valence electrons. The average molecular weight is 341 g/mol. The van der Waals surface area contributed by atoms with Crippen LogP contribution in [0, 0.1) is 0 Å². The summed E-state index contributed by atoms with van der Waals surface area (Å²) < 4.78 is 7.11. The van der Waals surface area contributed by atoms with Crippen molar-refractivity contribution < 1.29 is 9.32 Å². The molecule has 0 radical (unpaired) electrons. The number of rotatable bonds is 7. The second kappa shape index (κ2) is 7.46. The van der Waals surface area contributed by atoms with Crippen LogP contribution in [0.5, 0.6) is 0 Å². The van der Waals surface area contributed by atoms with E-state index < -0.39 is 0 Å². The lowest BCUT2D eigenvalue weighted by Gasteiger charge is -2.24. The fourth-order valence-electron chi connectivity index (χ4n) is 2.86. The quantitative estimate of drug-likeness (QED) is 0.660. The van der Waals surface area contributed by atoms with Gasteiger partial charge in [0, 0.05) is 13.0 Å². The van der Waals surface area contributed by atoms with E-state index in [0.717, 1.165) is 23.9 Å². The van der Waals surface area contributed by atoms with Gasteiger partial charge in [0.25, 0.3) is 0 Å². The van der Waals surface area contributed by atoms with E-state index in [4.69, 9.17) is 4.52 Å². The maximum atomic E-state index is 12.9. The molecular formula is C18H23N5O2. The van der Waals surface area contributed by atoms with E-state index in [1.807, 2.05) is 42.7 Å². The van der Waals surface area contributed by atoms with Crippen molar-refractivity contribution in [1.82, 2.24) is 24.6 Å². The Morgan fingerprint density at radius 3 is 2.88 bits per heavy atom. The summed E-state index contributed by atoms with van der Waals surface area (Å²) in [6.07, 6.45) is 3.42. The number of nitrogens with zero attached hydrogens (tertiary/aromatic N) is 5. The number of fused-ring (bicyclic) bond motifs is 1. The summed E-state index contributed by atoms with van der Waals surface area (Å²) in [5, 5.41) is 3.98. The lowest BCUT2D eigenvalue weighted by Crippen LogP contribution is -2.35. The number of aryl methyl sites for hydroxylation is 1. The van der Waals surface area contributed by atoms with Gasteiger partial charge in [0.1, 0.15) is 6.04 Å². The number of imidazole rings is 1. The molecule has 0 saturated carbocycles. The predicted molar refractivity (Wildman–Crippen MR) is 93.8 cm³/mol. The number of likely N-dealkylation sites (N-methyl/N-ethyl adjacent to an activating group) is 1. The van der Waals surface area contributed by atoms with Crippen LogP contribution in [0.3, 0.4) is 0 Å². The van der Waals surface area contributed by atoms with Crippen molar-refractivity contribution in [2.45, 2.75) is 46.2 Å². The highest BCUT2D eigenvalue weighted by atomic mass is 16.5. The molecule has 3 aromatic rings. The van der Waals surface area contributed by atoms with E-state index in [2.05, 4.69) is 22.0 Å². The highest BCUT2D eigenvalue weighted by Gasteiger charge is 2.23. The molecule has 0 N–H and O–H groups in total. The summed E-state index contributed by atoms with van der Waals surface area (Å²) in [4.78, 5) is 23.4. The van der Waals surface area contributed by atoms with Gasteiger partial charge < -0.3 is 14.0 Å². The smallest absolute Gasteiger partial charge is 0.245 e. The van der Waals surface area contributed by atoms with Gasteiger partial charge in [0.05, 0.1) is 23.9 Å². The molecule has 7 nitrogen and oxygen atoms in total. The number of aromatic nitrogens is 4. The van der Waals surface area contributed by atoms with Crippen molar-refractivity contribution in [3.63, 3.8) is 0 Å². The molecule has 1 aromatic carbocycles. The van der Waals surface area contributed by atoms with E-state index in [1.54, 1.807) is 11.2 Å². The Labute approximate surface area is 146 Å². The number of carbonyl (C=O) groups excluding carboxylic acids is 1. The molecular weight excluding hydrogens is 318 g/mol. The zero-order chi connectivity index (χ0) is 17.8. The van der Waals surface area contributed by atoms with Gasteiger partial charge >= 0.3 is 0 Å². The van der Waals surface area contributed by atoms with Gasteiger partial charge in [0.2, 0.25) is 11.8 Å². The molecule has 2 aromatic heterocycles. The van der Waals surface area contributed by atoms with Crippen molar-refractivity contribution in [3.8, 4) is 0 Å². The molecule has 7 heteroatoms. The summed E-state index contributed by atoms with van der Waals surface area (Å²) in [5.74, 6) is 1.17. The first kappa shape index (κ1) is 17.1. The highest BCUT2D eigenvalue weighted by Crippen LogP contribution is 2.19. The molecule has 0 aliphatic rings. The van der Waals surface area contributed by atoms with Crippen molar-refractivity contribution in [2.75, 3.05) is 6.54 Å². The van der Waals surface area contributed by atoms with Crippen LogP contribution in [-0.2, 0) is 17.8 Å². The summed E-state index contributed by atoms with van der Waals surface area (Å²) in [6, 6.07) is 7.45. The van der Waals surface area contributed by atoms with Crippen LogP contribution in [-0.4, -0.2) is 37.0 Å². The van der Waals surface area contributed by atoms with E-state index in [1.165, 1.54) is 0 Å². The average Bonchev–Trinajstić information content (AvgIpc) is 3.25. The van der Waals surface area contributed by atoms with Crippen LogP contribution in [0.2, 0.25) is 0 Å². The molecule has 0 aliphatic heterocycles.